The number of carbonyl (C=O) groups is 1. The Kier molecular flexibility index (Phi) is 4.43. The van der Waals surface area contributed by atoms with E-state index in [1.165, 1.54) is 27.6 Å². The van der Waals surface area contributed by atoms with Gasteiger partial charge in [-0.15, -0.1) is 11.3 Å². The van der Waals surface area contributed by atoms with Crippen LogP contribution in [0.3, 0.4) is 0 Å². The third-order valence-corrected chi connectivity index (χ3v) is 7.07. The van der Waals surface area contributed by atoms with Crippen LogP contribution in [0.2, 0.25) is 0 Å². The van der Waals surface area contributed by atoms with Gasteiger partial charge < -0.3 is 10.0 Å². The van der Waals surface area contributed by atoms with E-state index in [9.17, 15) is 14.7 Å². The molecule has 0 radical (unpaired) electrons. The van der Waals surface area contributed by atoms with Crippen molar-refractivity contribution in [1.82, 2.24) is 9.58 Å². The molecule has 1 atom stereocenters. The monoisotopic (exact) mass is 421 g/mol. The van der Waals surface area contributed by atoms with Crippen LogP contribution in [0, 0.1) is 0 Å². The van der Waals surface area contributed by atoms with Crippen LogP contribution in [0.4, 0.5) is 0 Å². The summed E-state index contributed by atoms with van der Waals surface area (Å²) in [6.07, 6.45) is 3.53. The zero-order valence-corrected chi connectivity index (χ0v) is 17.7. The molecular weight excluding hydrogens is 398 g/mol. The molecule has 0 saturated heterocycles. The molecular formula is C23H23N3O3S. The van der Waals surface area contributed by atoms with Crippen molar-refractivity contribution in [1.29, 1.82) is 0 Å². The highest BCUT2D eigenvalue weighted by Gasteiger charge is 2.39. The molecule has 3 aromatic rings. The standard InChI is InChI=1S/C23H23N3O3S/c1-14(2)24-13-26(25-11-9-18(27)21(28)20(25)23(24)29)19-17-6-4-3-5-15(17)7-8-16-10-12-30-22(16)19/h3-6,9-12,14,19,28H,7-8,13H2,1-2H3. The lowest BCUT2D eigenvalue weighted by atomic mass is 9.99. The summed E-state index contributed by atoms with van der Waals surface area (Å²) < 4.78 is 1.67. The summed E-state index contributed by atoms with van der Waals surface area (Å²) >= 11 is 1.71. The van der Waals surface area contributed by atoms with E-state index in [2.05, 4.69) is 34.7 Å². The van der Waals surface area contributed by atoms with Gasteiger partial charge in [-0.3, -0.25) is 19.3 Å². The first-order chi connectivity index (χ1) is 14.5. The lowest BCUT2D eigenvalue weighted by Gasteiger charge is -2.45. The van der Waals surface area contributed by atoms with Gasteiger partial charge >= 0.3 is 0 Å². The normalized spacial score (nSPS) is 18.1. The first-order valence-corrected chi connectivity index (χ1v) is 11.0. The molecule has 1 aliphatic carbocycles. The minimum atomic E-state index is -0.543. The van der Waals surface area contributed by atoms with Gasteiger partial charge in [0.05, 0.1) is 0 Å². The van der Waals surface area contributed by atoms with Crippen molar-refractivity contribution in [3.63, 3.8) is 0 Å². The molecule has 154 valence electrons. The van der Waals surface area contributed by atoms with E-state index in [4.69, 9.17) is 0 Å². The Bertz CT molecular complexity index is 1200. The molecule has 5 rings (SSSR count). The molecule has 3 heterocycles. The summed E-state index contributed by atoms with van der Waals surface area (Å²) in [7, 11) is 0. The lowest BCUT2D eigenvalue weighted by molar-refractivity contribution is 0.0622. The second-order valence-corrected chi connectivity index (χ2v) is 9.03. The average molecular weight is 422 g/mol. The van der Waals surface area contributed by atoms with Crippen molar-refractivity contribution < 1.29 is 9.90 Å². The van der Waals surface area contributed by atoms with E-state index >= 15 is 0 Å². The zero-order chi connectivity index (χ0) is 21.0. The van der Waals surface area contributed by atoms with E-state index in [1.54, 1.807) is 27.1 Å². The maximum Gasteiger partial charge on any atom is 0.278 e. The highest BCUT2D eigenvalue weighted by atomic mass is 32.1. The fraction of sp³-hybridized carbons (Fsp3) is 0.304. The number of aromatic nitrogens is 1. The Morgan fingerprint density at radius 3 is 2.63 bits per heavy atom. The van der Waals surface area contributed by atoms with E-state index < -0.39 is 11.2 Å². The summed E-state index contributed by atoms with van der Waals surface area (Å²) in [5, 5.41) is 14.7. The van der Waals surface area contributed by atoms with Gasteiger partial charge in [0, 0.05) is 23.2 Å². The fourth-order valence-electron chi connectivity index (χ4n) is 4.49. The Morgan fingerprint density at radius 2 is 1.83 bits per heavy atom. The van der Waals surface area contributed by atoms with Gasteiger partial charge in [0.25, 0.3) is 5.91 Å². The number of aryl methyl sites for hydroxylation is 2. The third-order valence-electron chi connectivity index (χ3n) is 6.06. The SMILES string of the molecule is CC(C)N1CN(C2c3ccccc3CCc3ccsc32)n2ccc(=O)c(O)c2C1=O. The van der Waals surface area contributed by atoms with Gasteiger partial charge in [0.15, 0.2) is 11.4 Å². The third kappa shape index (κ3) is 2.76. The Hall–Kier alpha value is -3.06. The number of hydrogen-bond donors (Lipinski definition) is 1. The number of nitrogens with zero attached hydrogens (tertiary/aromatic N) is 3. The smallest absolute Gasteiger partial charge is 0.278 e. The number of hydrogen-bond acceptors (Lipinski definition) is 5. The second kappa shape index (κ2) is 7.02. The number of fused-ring (bicyclic) bond motifs is 3. The number of aromatic hydroxyl groups is 1. The number of rotatable bonds is 2. The summed E-state index contributed by atoms with van der Waals surface area (Å²) in [6, 6.07) is 11.7. The van der Waals surface area contributed by atoms with Gasteiger partial charge in [-0.1, -0.05) is 24.3 Å². The first kappa shape index (κ1) is 18.9. The van der Waals surface area contributed by atoms with E-state index in [0.717, 1.165) is 12.8 Å². The van der Waals surface area contributed by atoms with Crippen LogP contribution in [0.25, 0.3) is 0 Å². The average Bonchev–Trinajstić information content (AvgIpc) is 3.13. The van der Waals surface area contributed by atoms with Crippen molar-refractivity contribution in [2.24, 2.45) is 0 Å². The Labute approximate surface area is 178 Å². The van der Waals surface area contributed by atoms with Crippen molar-refractivity contribution in [3.8, 4) is 5.75 Å². The Balaban J connectivity index is 1.77. The van der Waals surface area contributed by atoms with Gasteiger partial charge in [-0.2, -0.15) is 0 Å². The quantitative estimate of drug-likeness (QED) is 0.690. The number of pyridine rings is 1. The highest BCUT2D eigenvalue weighted by molar-refractivity contribution is 7.10. The molecule has 2 aromatic heterocycles. The largest absolute Gasteiger partial charge is 0.502 e. The molecule has 1 unspecified atom stereocenters. The second-order valence-electron chi connectivity index (χ2n) is 8.08. The number of carbonyl (C=O) groups excluding carboxylic acids is 1. The lowest BCUT2D eigenvalue weighted by Crippen LogP contribution is -2.57. The van der Waals surface area contributed by atoms with Crippen molar-refractivity contribution >= 4 is 17.2 Å². The fourth-order valence-corrected chi connectivity index (χ4v) is 5.57. The van der Waals surface area contributed by atoms with Crippen LogP contribution >= 0.6 is 11.3 Å². The molecule has 0 fully saturated rings. The van der Waals surface area contributed by atoms with Crippen LogP contribution in [0.15, 0.2) is 52.8 Å². The molecule has 2 aliphatic rings. The molecule has 7 heteroatoms. The minimum absolute atomic E-state index is 0.0299. The predicted octanol–water partition coefficient (Wildman–Crippen LogP) is 3.26. The molecule has 0 bridgehead atoms. The molecule has 0 spiro atoms. The van der Waals surface area contributed by atoms with Gasteiger partial charge in [0.1, 0.15) is 12.7 Å². The molecule has 0 saturated carbocycles. The van der Waals surface area contributed by atoms with Crippen LogP contribution in [-0.4, -0.2) is 33.3 Å². The number of benzene rings is 1. The van der Waals surface area contributed by atoms with Crippen molar-refractivity contribution in [2.75, 3.05) is 11.7 Å². The Morgan fingerprint density at radius 1 is 1.07 bits per heavy atom. The van der Waals surface area contributed by atoms with Crippen LogP contribution in [0.5, 0.6) is 5.75 Å². The summed E-state index contributed by atoms with van der Waals surface area (Å²) in [6.45, 7) is 4.26. The van der Waals surface area contributed by atoms with E-state index in [-0.39, 0.29) is 23.7 Å². The van der Waals surface area contributed by atoms with Crippen LogP contribution in [0.1, 0.15) is 51.9 Å². The van der Waals surface area contributed by atoms with Crippen molar-refractivity contribution in [2.45, 2.75) is 38.8 Å². The highest BCUT2D eigenvalue weighted by Crippen LogP contribution is 2.40. The summed E-state index contributed by atoms with van der Waals surface area (Å²) in [4.78, 5) is 28.2. The zero-order valence-electron chi connectivity index (χ0n) is 16.9. The number of thiophene rings is 1. The van der Waals surface area contributed by atoms with Crippen LogP contribution < -0.4 is 10.4 Å². The molecule has 1 aromatic carbocycles. The molecule has 30 heavy (non-hydrogen) atoms. The predicted molar refractivity (Wildman–Crippen MR) is 117 cm³/mol. The van der Waals surface area contributed by atoms with E-state index in [1.807, 2.05) is 19.9 Å². The maximum absolute atomic E-state index is 13.2. The minimum Gasteiger partial charge on any atom is -0.502 e. The summed E-state index contributed by atoms with van der Waals surface area (Å²) in [5.41, 5.74) is 3.27. The first-order valence-electron chi connectivity index (χ1n) is 10.1. The van der Waals surface area contributed by atoms with Gasteiger partial charge in [-0.05, 0) is 54.8 Å². The maximum atomic E-state index is 13.2. The molecule has 1 amide bonds. The van der Waals surface area contributed by atoms with Gasteiger partial charge in [0.2, 0.25) is 5.43 Å². The van der Waals surface area contributed by atoms with Crippen molar-refractivity contribution in [3.05, 3.63) is 85.5 Å². The number of amides is 1. The van der Waals surface area contributed by atoms with Gasteiger partial charge in [-0.25, -0.2) is 0 Å². The molecule has 1 aliphatic heterocycles. The molecule has 6 nitrogen and oxygen atoms in total. The summed E-state index contributed by atoms with van der Waals surface area (Å²) in [5.74, 6) is -0.823. The van der Waals surface area contributed by atoms with E-state index in [0.29, 0.717) is 6.67 Å². The molecule has 1 N–H and O–H groups in total. The topological polar surface area (TPSA) is 65.8 Å². The van der Waals surface area contributed by atoms with Crippen LogP contribution in [-0.2, 0) is 12.8 Å².